The number of rotatable bonds is 0. The summed E-state index contributed by atoms with van der Waals surface area (Å²) < 4.78 is 37.1. The van der Waals surface area contributed by atoms with Crippen molar-refractivity contribution in [3.63, 3.8) is 0 Å². The molecule has 2 aromatic heterocycles. The highest BCUT2D eigenvalue weighted by Gasteiger charge is 2.32. The Morgan fingerprint density at radius 3 is 2.69 bits per heavy atom. The van der Waals surface area contributed by atoms with E-state index >= 15 is 0 Å². The van der Waals surface area contributed by atoms with E-state index in [2.05, 4.69) is 9.97 Å². The van der Waals surface area contributed by atoms with Crippen molar-refractivity contribution < 1.29 is 13.2 Å². The zero-order chi connectivity index (χ0) is 9.47. The average molecular weight is 204 g/mol. The minimum absolute atomic E-state index is 0.153. The smallest absolute Gasteiger partial charge is 0.225 e. The van der Waals surface area contributed by atoms with Gasteiger partial charge < -0.3 is 0 Å². The number of nitrogens with zero attached hydrogens (tertiary/aromatic N) is 2. The van der Waals surface area contributed by atoms with Crippen molar-refractivity contribution in [2.24, 2.45) is 0 Å². The lowest BCUT2D eigenvalue weighted by molar-refractivity contribution is -0.141. The van der Waals surface area contributed by atoms with Gasteiger partial charge in [0, 0.05) is 0 Å². The molecule has 0 amide bonds. The van der Waals surface area contributed by atoms with Gasteiger partial charge in [0.25, 0.3) is 0 Å². The van der Waals surface area contributed by atoms with E-state index in [1.54, 1.807) is 0 Å². The molecule has 2 aromatic rings. The first-order valence-corrected chi connectivity index (χ1v) is 4.23. The Hall–Kier alpha value is -1.17. The van der Waals surface area contributed by atoms with Crippen molar-refractivity contribution in [3.05, 3.63) is 23.3 Å². The Morgan fingerprint density at radius 1 is 1.23 bits per heavy atom. The zero-order valence-corrected chi connectivity index (χ0v) is 6.99. The van der Waals surface area contributed by atoms with Crippen LogP contribution in [0.4, 0.5) is 13.2 Å². The largest absolute Gasteiger partial charge is 0.433 e. The van der Waals surface area contributed by atoms with Crippen LogP contribution in [0, 0.1) is 0 Å². The number of halogens is 3. The van der Waals surface area contributed by atoms with E-state index < -0.39 is 11.9 Å². The molecule has 6 heteroatoms. The highest BCUT2D eigenvalue weighted by Crippen LogP contribution is 2.29. The van der Waals surface area contributed by atoms with Gasteiger partial charge in [-0.1, -0.05) is 0 Å². The second-order valence-corrected chi connectivity index (χ2v) is 3.25. The van der Waals surface area contributed by atoms with Gasteiger partial charge in [-0.2, -0.15) is 13.2 Å². The second kappa shape index (κ2) is 2.66. The molecule has 0 aliphatic rings. The van der Waals surface area contributed by atoms with Crippen LogP contribution in [0.15, 0.2) is 17.6 Å². The molecule has 0 saturated heterocycles. The second-order valence-electron chi connectivity index (χ2n) is 2.37. The molecule has 0 atom stereocenters. The van der Waals surface area contributed by atoms with Gasteiger partial charge in [0.1, 0.15) is 5.69 Å². The van der Waals surface area contributed by atoms with E-state index in [4.69, 9.17) is 0 Å². The number of pyridine rings is 1. The molecule has 0 aromatic carbocycles. The van der Waals surface area contributed by atoms with Gasteiger partial charge in [-0.15, -0.1) is 11.3 Å². The molecule has 2 nitrogen and oxygen atoms in total. The summed E-state index contributed by atoms with van der Waals surface area (Å²) in [7, 11) is 0. The van der Waals surface area contributed by atoms with Crippen molar-refractivity contribution in [1.82, 2.24) is 9.97 Å². The van der Waals surface area contributed by atoms with Crippen molar-refractivity contribution in [2.75, 3.05) is 0 Å². The fourth-order valence-electron chi connectivity index (χ4n) is 0.911. The summed E-state index contributed by atoms with van der Waals surface area (Å²) in [6.07, 6.45) is -4.39. The molecule has 13 heavy (non-hydrogen) atoms. The lowest BCUT2D eigenvalue weighted by atomic mass is 10.3. The summed E-state index contributed by atoms with van der Waals surface area (Å²) >= 11 is 1.27. The van der Waals surface area contributed by atoms with Crippen LogP contribution >= 0.6 is 11.3 Å². The van der Waals surface area contributed by atoms with Crippen molar-refractivity contribution in [1.29, 1.82) is 0 Å². The van der Waals surface area contributed by atoms with Gasteiger partial charge >= 0.3 is 6.18 Å². The predicted molar refractivity (Wildman–Crippen MR) is 42.4 cm³/mol. The Kier molecular flexibility index (Phi) is 1.73. The Labute approximate surface area is 75.1 Å². The zero-order valence-electron chi connectivity index (χ0n) is 6.17. The number of thiazole rings is 1. The predicted octanol–water partition coefficient (Wildman–Crippen LogP) is 2.71. The van der Waals surface area contributed by atoms with Crippen LogP contribution in [0.3, 0.4) is 0 Å². The van der Waals surface area contributed by atoms with Gasteiger partial charge in [-0.25, -0.2) is 9.97 Å². The third-order valence-electron chi connectivity index (χ3n) is 1.48. The molecule has 0 fully saturated rings. The van der Waals surface area contributed by atoms with E-state index in [1.165, 1.54) is 22.9 Å². The molecular weight excluding hydrogens is 201 g/mol. The summed E-state index contributed by atoms with van der Waals surface area (Å²) in [5.41, 5.74) is 0.725. The third-order valence-corrected chi connectivity index (χ3v) is 2.27. The van der Waals surface area contributed by atoms with Crippen LogP contribution in [0.25, 0.3) is 10.3 Å². The lowest BCUT2D eigenvalue weighted by Gasteiger charge is -2.03. The minimum atomic E-state index is -4.39. The topological polar surface area (TPSA) is 25.8 Å². The number of hydrogen-bond acceptors (Lipinski definition) is 3. The van der Waals surface area contributed by atoms with Gasteiger partial charge in [0.2, 0.25) is 0 Å². The molecule has 0 radical (unpaired) electrons. The van der Waals surface area contributed by atoms with Crippen LogP contribution in [-0.4, -0.2) is 9.97 Å². The van der Waals surface area contributed by atoms with E-state index in [0.29, 0.717) is 4.70 Å². The molecular formula is C7H3F3N2S. The average Bonchev–Trinajstić information content (AvgIpc) is 2.47. The maximum Gasteiger partial charge on any atom is 0.433 e. The van der Waals surface area contributed by atoms with Crippen LogP contribution in [0.2, 0.25) is 0 Å². The van der Waals surface area contributed by atoms with E-state index in [0.717, 1.165) is 6.07 Å². The van der Waals surface area contributed by atoms with Gasteiger partial charge in [-0.3, -0.25) is 0 Å². The Balaban J connectivity index is 2.61. The minimum Gasteiger partial charge on any atom is -0.225 e. The number of alkyl halides is 3. The Bertz CT molecular complexity index is 434. The van der Waals surface area contributed by atoms with Crippen LogP contribution < -0.4 is 0 Å². The van der Waals surface area contributed by atoms with E-state index in [9.17, 15) is 13.2 Å². The summed E-state index contributed by atoms with van der Waals surface area (Å²) in [6, 6.07) is 2.34. The van der Waals surface area contributed by atoms with Crippen LogP contribution in [0.5, 0.6) is 0 Å². The monoisotopic (exact) mass is 204 g/mol. The van der Waals surface area contributed by atoms with Crippen molar-refractivity contribution in [3.8, 4) is 0 Å². The highest BCUT2D eigenvalue weighted by atomic mass is 32.1. The first-order chi connectivity index (χ1) is 6.07. The van der Waals surface area contributed by atoms with Gasteiger partial charge in [-0.05, 0) is 12.1 Å². The molecule has 0 aliphatic heterocycles. The standard InChI is InChI=1S/C7H3F3N2S/c8-7(9,10)5-2-1-4-6(12-5)11-3-13-4/h1-3H. The van der Waals surface area contributed by atoms with Crippen molar-refractivity contribution in [2.45, 2.75) is 6.18 Å². The summed E-state index contributed by atoms with van der Waals surface area (Å²) in [5.74, 6) is 0. The van der Waals surface area contributed by atoms with E-state index in [-0.39, 0.29) is 5.65 Å². The maximum absolute atomic E-state index is 12.1. The summed E-state index contributed by atoms with van der Waals surface area (Å²) in [6.45, 7) is 0. The normalized spacial score (nSPS) is 12.2. The number of fused-ring (bicyclic) bond motifs is 1. The molecule has 2 rings (SSSR count). The Morgan fingerprint density at radius 2 is 2.00 bits per heavy atom. The lowest BCUT2D eigenvalue weighted by Crippen LogP contribution is -2.07. The highest BCUT2D eigenvalue weighted by molar-refractivity contribution is 7.16. The SMILES string of the molecule is FC(F)(F)c1ccc2scnc2n1. The molecule has 2 heterocycles. The first-order valence-electron chi connectivity index (χ1n) is 3.35. The molecule has 0 aliphatic carbocycles. The molecule has 0 unspecified atom stereocenters. The number of hydrogen-bond donors (Lipinski definition) is 0. The molecule has 0 bridgehead atoms. The fraction of sp³-hybridized carbons (Fsp3) is 0.143. The molecule has 0 spiro atoms. The maximum atomic E-state index is 12.1. The van der Waals surface area contributed by atoms with Crippen LogP contribution in [0.1, 0.15) is 5.69 Å². The van der Waals surface area contributed by atoms with Gasteiger partial charge in [0.05, 0.1) is 10.2 Å². The summed E-state index contributed by atoms with van der Waals surface area (Å²) in [5, 5.41) is 0. The van der Waals surface area contributed by atoms with Crippen LogP contribution in [-0.2, 0) is 6.18 Å². The quantitative estimate of drug-likeness (QED) is 0.659. The third kappa shape index (κ3) is 1.49. The molecule has 0 saturated carbocycles. The molecule has 68 valence electrons. The molecule has 0 N–H and O–H groups in total. The van der Waals surface area contributed by atoms with Crippen molar-refractivity contribution >= 4 is 21.7 Å². The van der Waals surface area contributed by atoms with E-state index in [1.807, 2.05) is 0 Å². The number of aromatic nitrogens is 2. The fourth-order valence-corrected chi connectivity index (χ4v) is 1.53. The van der Waals surface area contributed by atoms with Gasteiger partial charge in [0.15, 0.2) is 5.65 Å². The summed E-state index contributed by atoms with van der Waals surface area (Å²) in [4.78, 5) is 7.08. The first kappa shape index (κ1) is 8.43.